The molecule has 0 heterocycles. The zero-order valence-electron chi connectivity index (χ0n) is 15.7. The van der Waals surface area contributed by atoms with E-state index < -0.39 is 0 Å². The van der Waals surface area contributed by atoms with Crippen molar-refractivity contribution in [3.63, 3.8) is 0 Å². The van der Waals surface area contributed by atoms with Crippen LogP contribution in [0.2, 0.25) is 0 Å². The molecule has 0 atom stereocenters. The van der Waals surface area contributed by atoms with Crippen LogP contribution in [0, 0.1) is 11.8 Å². The third-order valence-corrected chi connectivity index (χ3v) is 4.73. The van der Waals surface area contributed by atoms with Gasteiger partial charge in [0.15, 0.2) is 0 Å². The van der Waals surface area contributed by atoms with Crippen molar-refractivity contribution < 1.29 is 14.3 Å². The van der Waals surface area contributed by atoms with Crippen molar-refractivity contribution in [3.8, 4) is 0 Å². The highest BCUT2D eigenvalue weighted by Gasteiger charge is 2.27. The van der Waals surface area contributed by atoms with Crippen LogP contribution in [0.5, 0.6) is 0 Å². The van der Waals surface area contributed by atoms with Gasteiger partial charge in [0.25, 0.3) is 0 Å². The molecule has 0 unspecified atom stereocenters. The Kier molecular flexibility index (Phi) is 7.03. The van der Waals surface area contributed by atoms with Crippen LogP contribution >= 0.6 is 0 Å². The highest BCUT2D eigenvalue weighted by Crippen LogP contribution is 2.30. The Morgan fingerprint density at radius 3 is 2.32 bits per heavy atom. The fourth-order valence-electron chi connectivity index (χ4n) is 3.30. The number of Topliss-reactive ketones (excluding diaryl/α,β-unsaturated/α-hetero) is 1. The molecule has 0 radical (unpaired) electrons. The number of hydrogen-bond acceptors (Lipinski definition) is 3. The molecule has 0 saturated heterocycles. The van der Waals surface area contributed by atoms with Crippen LogP contribution in [0.15, 0.2) is 30.3 Å². The Balaban J connectivity index is 1.65. The molecule has 1 aliphatic rings. The van der Waals surface area contributed by atoms with Crippen LogP contribution in [0.1, 0.15) is 58.4 Å². The molecule has 0 aromatic heterocycles. The number of carbonyl (C=O) groups excluding carboxylic acids is 2. The van der Waals surface area contributed by atoms with Crippen molar-refractivity contribution in [2.45, 2.75) is 64.8 Å². The summed E-state index contributed by atoms with van der Waals surface area (Å²) in [5.74, 6) is 0.945. The third-order valence-electron chi connectivity index (χ3n) is 4.73. The van der Waals surface area contributed by atoms with E-state index in [1.54, 1.807) is 0 Å². The lowest BCUT2D eigenvalue weighted by Crippen LogP contribution is -2.41. The van der Waals surface area contributed by atoms with Gasteiger partial charge in [-0.2, -0.15) is 0 Å². The van der Waals surface area contributed by atoms with Gasteiger partial charge in [-0.05, 0) is 64.4 Å². The number of amides is 1. The van der Waals surface area contributed by atoms with Crippen LogP contribution < -0.4 is 5.32 Å². The summed E-state index contributed by atoms with van der Waals surface area (Å²) < 4.78 is 5.32. The second-order valence-corrected chi connectivity index (χ2v) is 8.14. The average Bonchev–Trinajstić information content (AvgIpc) is 2.58. The van der Waals surface area contributed by atoms with E-state index >= 15 is 0 Å². The van der Waals surface area contributed by atoms with Gasteiger partial charge < -0.3 is 10.1 Å². The van der Waals surface area contributed by atoms with Gasteiger partial charge in [-0.3, -0.25) is 4.79 Å². The maximum Gasteiger partial charge on any atom is 0.407 e. The molecule has 138 valence electrons. The summed E-state index contributed by atoms with van der Waals surface area (Å²) in [6, 6.07) is 10.2. The summed E-state index contributed by atoms with van der Waals surface area (Å²) in [5.41, 5.74) is 0.947. The van der Waals surface area contributed by atoms with E-state index in [0.717, 1.165) is 32.1 Å². The van der Waals surface area contributed by atoms with Crippen molar-refractivity contribution in [1.29, 1.82) is 0 Å². The molecule has 1 N–H and O–H groups in total. The number of rotatable bonds is 6. The molecule has 1 saturated carbocycles. The summed E-state index contributed by atoms with van der Waals surface area (Å²) >= 11 is 0. The molecule has 1 fully saturated rings. The summed E-state index contributed by atoms with van der Waals surface area (Å²) in [6.07, 6.45) is 4.87. The lowest BCUT2D eigenvalue weighted by molar-refractivity contribution is -0.124. The predicted molar refractivity (Wildman–Crippen MR) is 99.5 cm³/mol. The van der Waals surface area contributed by atoms with Crippen LogP contribution in [0.4, 0.5) is 4.79 Å². The molecule has 0 spiro atoms. The summed E-state index contributed by atoms with van der Waals surface area (Å²) in [5, 5.41) is 2.80. The van der Waals surface area contributed by atoms with Crippen LogP contribution in [0.25, 0.3) is 0 Å². The van der Waals surface area contributed by atoms with Crippen LogP contribution in [0.3, 0.4) is 0 Å². The SMILES string of the molecule is CC(C)(C)NC(=O)OCC1CCC(C(=O)CCc2ccccc2)CC1. The molecule has 1 aromatic carbocycles. The minimum atomic E-state index is -0.353. The molecule has 1 amide bonds. The van der Waals surface area contributed by atoms with Crippen LogP contribution in [-0.2, 0) is 16.0 Å². The Labute approximate surface area is 151 Å². The largest absolute Gasteiger partial charge is 0.449 e. The smallest absolute Gasteiger partial charge is 0.407 e. The molecular weight excluding hydrogens is 314 g/mol. The molecule has 1 aromatic rings. The minimum absolute atomic E-state index is 0.184. The first-order chi connectivity index (χ1) is 11.8. The lowest BCUT2D eigenvalue weighted by Gasteiger charge is -2.28. The highest BCUT2D eigenvalue weighted by molar-refractivity contribution is 5.81. The molecule has 4 nitrogen and oxygen atoms in total. The first-order valence-corrected chi connectivity index (χ1v) is 9.35. The zero-order chi connectivity index (χ0) is 18.3. The van der Waals surface area contributed by atoms with Gasteiger partial charge in [0.2, 0.25) is 0 Å². The van der Waals surface area contributed by atoms with E-state index in [-0.39, 0.29) is 17.6 Å². The number of aryl methyl sites for hydroxylation is 1. The van der Waals surface area contributed by atoms with Crippen molar-refractivity contribution in [3.05, 3.63) is 35.9 Å². The lowest BCUT2D eigenvalue weighted by atomic mass is 9.79. The third kappa shape index (κ3) is 7.29. The quantitative estimate of drug-likeness (QED) is 0.825. The Morgan fingerprint density at radius 2 is 1.72 bits per heavy atom. The van der Waals surface area contributed by atoms with Crippen molar-refractivity contribution in [2.75, 3.05) is 6.61 Å². The monoisotopic (exact) mass is 345 g/mol. The number of hydrogen-bond donors (Lipinski definition) is 1. The van der Waals surface area contributed by atoms with Crippen molar-refractivity contribution >= 4 is 11.9 Å². The Hall–Kier alpha value is -1.84. The van der Waals surface area contributed by atoms with Gasteiger partial charge in [-0.25, -0.2) is 4.79 Å². The van der Waals surface area contributed by atoms with E-state index in [1.165, 1.54) is 5.56 Å². The molecule has 25 heavy (non-hydrogen) atoms. The van der Waals surface area contributed by atoms with E-state index in [0.29, 0.717) is 24.7 Å². The maximum absolute atomic E-state index is 12.4. The van der Waals surface area contributed by atoms with E-state index in [4.69, 9.17) is 4.74 Å². The Bertz CT molecular complexity index is 554. The van der Waals surface area contributed by atoms with Gasteiger partial charge in [0.05, 0.1) is 6.61 Å². The predicted octanol–water partition coefficient (Wildman–Crippen LogP) is 4.52. The molecule has 1 aliphatic carbocycles. The van der Waals surface area contributed by atoms with Gasteiger partial charge in [0.1, 0.15) is 5.78 Å². The van der Waals surface area contributed by atoms with E-state index in [9.17, 15) is 9.59 Å². The first-order valence-electron chi connectivity index (χ1n) is 9.35. The zero-order valence-corrected chi connectivity index (χ0v) is 15.7. The van der Waals surface area contributed by atoms with Crippen molar-refractivity contribution in [2.24, 2.45) is 11.8 Å². The fraction of sp³-hybridized carbons (Fsp3) is 0.619. The summed E-state index contributed by atoms with van der Waals surface area (Å²) in [4.78, 5) is 24.1. The van der Waals surface area contributed by atoms with Gasteiger partial charge in [-0.1, -0.05) is 30.3 Å². The standard InChI is InChI=1S/C21H31NO3/c1-21(2,3)22-20(24)25-15-17-9-12-18(13-10-17)19(23)14-11-16-7-5-4-6-8-16/h4-8,17-18H,9-15H2,1-3H3,(H,22,24). The normalized spacial score (nSPS) is 20.8. The number of nitrogens with one attached hydrogen (secondary N) is 1. The molecule has 2 rings (SSSR count). The molecule has 0 aliphatic heterocycles. The first kappa shape index (κ1) is 19.5. The number of alkyl carbamates (subject to hydrolysis) is 1. The molecule has 0 bridgehead atoms. The Morgan fingerprint density at radius 1 is 1.08 bits per heavy atom. The molecule has 4 heteroatoms. The average molecular weight is 345 g/mol. The van der Waals surface area contributed by atoms with Crippen LogP contribution in [-0.4, -0.2) is 24.0 Å². The number of ketones is 1. The summed E-state index contributed by atoms with van der Waals surface area (Å²) in [7, 11) is 0. The molecular formula is C21H31NO3. The van der Waals surface area contributed by atoms with Gasteiger partial charge in [0, 0.05) is 17.9 Å². The number of ether oxygens (including phenoxy) is 1. The second-order valence-electron chi connectivity index (χ2n) is 8.14. The minimum Gasteiger partial charge on any atom is -0.449 e. The number of carbonyl (C=O) groups is 2. The van der Waals surface area contributed by atoms with Crippen molar-refractivity contribution in [1.82, 2.24) is 5.32 Å². The maximum atomic E-state index is 12.4. The van der Waals surface area contributed by atoms with E-state index in [2.05, 4.69) is 17.4 Å². The highest BCUT2D eigenvalue weighted by atomic mass is 16.5. The second kappa shape index (κ2) is 9.02. The van der Waals surface area contributed by atoms with E-state index in [1.807, 2.05) is 39.0 Å². The van der Waals surface area contributed by atoms with Gasteiger partial charge in [-0.15, -0.1) is 0 Å². The summed E-state index contributed by atoms with van der Waals surface area (Å²) in [6.45, 7) is 6.24. The van der Waals surface area contributed by atoms with Gasteiger partial charge >= 0.3 is 6.09 Å². The topological polar surface area (TPSA) is 55.4 Å². The fourth-order valence-corrected chi connectivity index (χ4v) is 3.30. The number of benzene rings is 1.